The van der Waals surface area contributed by atoms with Crippen molar-refractivity contribution in [2.24, 2.45) is 11.8 Å². The summed E-state index contributed by atoms with van der Waals surface area (Å²) in [7, 11) is -0.191. The molecule has 0 spiro atoms. The lowest BCUT2D eigenvalue weighted by atomic mass is 9.80. The van der Waals surface area contributed by atoms with Gasteiger partial charge in [-0.15, -0.1) is 0 Å². The smallest absolute Gasteiger partial charge is 0.159 e. The molecule has 1 saturated heterocycles. The van der Waals surface area contributed by atoms with E-state index in [0.29, 0.717) is 5.92 Å². The molecule has 3 heteroatoms. The first-order valence-corrected chi connectivity index (χ1v) is 12.1. The van der Waals surface area contributed by atoms with Gasteiger partial charge in [0.1, 0.15) is 0 Å². The highest BCUT2D eigenvalue weighted by Crippen LogP contribution is 2.38. The number of rotatable bonds is 5. The second-order valence-corrected chi connectivity index (χ2v) is 11.0. The molecule has 0 aromatic heterocycles. The van der Waals surface area contributed by atoms with Crippen LogP contribution in [0.15, 0.2) is 18.2 Å². The zero-order valence-corrected chi connectivity index (χ0v) is 16.0. The van der Waals surface area contributed by atoms with Gasteiger partial charge in [0.05, 0.1) is 0 Å². The minimum absolute atomic E-state index is 0.191. The van der Waals surface area contributed by atoms with Gasteiger partial charge >= 0.3 is 0 Å². The molecule has 0 N–H and O–H groups in total. The van der Waals surface area contributed by atoms with Crippen LogP contribution < -0.4 is 0 Å². The molecule has 1 heterocycles. The molecule has 0 unspecified atom stereocenters. The Morgan fingerprint density at radius 3 is 2.21 bits per heavy atom. The van der Waals surface area contributed by atoms with Crippen LogP contribution in [-0.2, 0) is 0 Å². The average molecular weight is 350 g/mol. The van der Waals surface area contributed by atoms with Gasteiger partial charge in [0.25, 0.3) is 0 Å². The molecule has 3 rings (SSSR count). The van der Waals surface area contributed by atoms with Crippen LogP contribution in [0.4, 0.5) is 8.78 Å². The second-order valence-electron chi connectivity index (χ2n) is 8.03. The van der Waals surface area contributed by atoms with E-state index in [4.69, 9.17) is 0 Å². The number of halogens is 2. The van der Waals surface area contributed by atoms with Crippen LogP contribution in [0.2, 0.25) is 18.1 Å². The average Bonchev–Trinajstić information content (AvgIpc) is 2.63. The third-order valence-electron chi connectivity index (χ3n) is 6.56. The summed E-state index contributed by atoms with van der Waals surface area (Å²) in [4.78, 5) is 0. The summed E-state index contributed by atoms with van der Waals surface area (Å²) in [6.07, 6.45) is 11.0. The first kappa shape index (κ1) is 18.1. The monoisotopic (exact) mass is 349 g/mol. The van der Waals surface area contributed by atoms with Crippen molar-refractivity contribution in [3.8, 4) is 0 Å². The molecule has 1 aromatic carbocycles. The quantitative estimate of drug-likeness (QED) is 0.505. The van der Waals surface area contributed by atoms with Crippen molar-refractivity contribution in [1.82, 2.24) is 0 Å². The van der Waals surface area contributed by atoms with Gasteiger partial charge < -0.3 is 0 Å². The maximum atomic E-state index is 13.4. The van der Waals surface area contributed by atoms with Crippen molar-refractivity contribution in [1.29, 1.82) is 0 Å². The van der Waals surface area contributed by atoms with Gasteiger partial charge in [0.2, 0.25) is 0 Å². The minimum atomic E-state index is -0.725. The maximum absolute atomic E-state index is 13.4. The number of benzene rings is 1. The van der Waals surface area contributed by atoms with Crippen LogP contribution in [0.3, 0.4) is 0 Å². The zero-order valence-electron chi connectivity index (χ0n) is 15.0. The topological polar surface area (TPSA) is 0 Å². The van der Waals surface area contributed by atoms with Crippen LogP contribution >= 0.6 is 0 Å². The Hall–Kier alpha value is -0.703. The summed E-state index contributed by atoms with van der Waals surface area (Å²) in [5.74, 6) is 1.04. The van der Waals surface area contributed by atoms with Gasteiger partial charge in [-0.05, 0) is 48.3 Å². The van der Waals surface area contributed by atoms with Gasteiger partial charge in [-0.3, -0.25) is 0 Å². The van der Waals surface area contributed by atoms with Crippen LogP contribution in [0.5, 0.6) is 0 Å². The van der Waals surface area contributed by atoms with E-state index >= 15 is 0 Å². The van der Waals surface area contributed by atoms with Crippen molar-refractivity contribution in [3.63, 3.8) is 0 Å². The molecule has 1 aliphatic carbocycles. The van der Waals surface area contributed by atoms with Crippen molar-refractivity contribution in [3.05, 3.63) is 35.4 Å². The summed E-state index contributed by atoms with van der Waals surface area (Å²) in [6, 6.07) is 8.70. The van der Waals surface area contributed by atoms with Crippen molar-refractivity contribution in [2.75, 3.05) is 0 Å². The normalized spacial score (nSPS) is 26.6. The lowest BCUT2D eigenvalue weighted by Crippen LogP contribution is -2.22. The molecule has 1 radical (unpaired) electrons. The molecule has 1 aromatic rings. The Bertz CT molecular complexity index is 515. The number of hydrogen-bond donors (Lipinski definition) is 0. The van der Waals surface area contributed by atoms with Crippen molar-refractivity contribution >= 4 is 8.80 Å². The maximum Gasteiger partial charge on any atom is 0.159 e. The first-order valence-electron chi connectivity index (χ1n) is 9.94. The van der Waals surface area contributed by atoms with Crippen LogP contribution in [-0.4, -0.2) is 8.80 Å². The highest BCUT2D eigenvalue weighted by molar-refractivity contribution is 6.59. The SMILES string of the molecule is CCC1CCC(CC[Si]2CCC(c3ccc(F)c(F)c3)CC2)CC1. The van der Waals surface area contributed by atoms with Crippen molar-refractivity contribution < 1.29 is 8.78 Å². The first-order chi connectivity index (χ1) is 11.7. The Kier molecular flexibility index (Phi) is 6.48. The molecule has 0 amide bonds. The third-order valence-corrected chi connectivity index (χ3v) is 9.54. The standard InChI is InChI=1S/C21H31F2Si/c1-2-16-3-5-17(6-4-16)9-12-24-13-10-18(11-14-24)19-7-8-20(22)21(23)15-19/h7-8,15-18H,2-6,9-14H2,1H3. The molecular weight excluding hydrogens is 318 g/mol. The fourth-order valence-corrected chi connectivity index (χ4v) is 7.79. The molecule has 133 valence electrons. The summed E-state index contributed by atoms with van der Waals surface area (Å²) < 4.78 is 26.5. The fraction of sp³-hybridized carbons (Fsp3) is 0.714. The van der Waals surface area contributed by atoms with Gasteiger partial charge in [-0.2, -0.15) is 0 Å². The Labute approximate surface area is 147 Å². The van der Waals surface area contributed by atoms with Gasteiger partial charge in [-0.25, -0.2) is 8.78 Å². The predicted molar refractivity (Wildman–Crippen MR) is 98.9 cm³/mol. The second kappa shape index (κ2) is 8.60. The molecule has 24 heavy (non-hydrogen) atoms. The predicted octanol–water partition coefficient (Wildman–Crippen LogP) is 6.94. The molecule has 0 nitrogen and oxygen atoms in total. The van der Waals surface area contributed by atoms with Crippen LogP contribution in [0.25, 0.3) is 0 Å². The van der Waals surface area contributed by atoms with Gasteiger partial charge in [0, 0.05) is 8.80 Å². The minimum Gasteiger partial charge on any atom is -0.204 e. The highest BCUT2D eigenvalue weighted by Gasteiger charge is 2.26. The largest absolute Gasteiger partial charge is 0.204 e. The van der Waals surface area contributed by atoms with E-state index in [0.717, 1.165) is 17.4 Å². The van der Waals surface area contributed by atoms with Gasteiger partial charge in [-0.1, -0.05) is 69.6 Å². The van der Waals surface area contributed by atoms with E-state index in [1.54, 1.807) is 6.07 Å². The Morgan fingerprint density at radius 1 is 0.917 bits per heavy atom. The Balaban J connectivity index is 1.40. The molecule has 2 fully saturated rings. The fourth-order valence-electron chi connectivity index (χ4n) is 4.71. The van der Waals surface area contributed by atoms with E-state index in [2.05, 4.69) is 6.92 Å². The van der Waals surface area contributed by atoms with E-state index < -0.39 is 11.6 Å². The highest BCUT2D eigenvalue weighted by atomic mass is 28.3. The summed E-state index contributed by atoms with van der Waals surface area (Å²) in [5.41, 5.74) is 1.01. The van der Waals surface area contributed by atoms with Crippen LogP contribution in [0, 0.1) is 23.5 Å². The zero-order chi connectivity index (χ0) is 16.9. The lowest BCUT2D eigenvalue weighted by Gasteiger charge is -2.31. The molecule has 0 bridgehead atoms. The summed E-state index contributed by atoms with van der Waals surface area (Å²) in [6.45, 7) is 2.33. The van der Waals surface area contributed by atoms with E-state index in [-0.39, 0.29) is 8.80 Å². The third kappa shape index (κ3) is 4.68. The molecule has 2 aliphatic rings. The molecular formula is C21H31F2Si. The van der Waals surface area contributed by atoms with E-state index in [1.807, 2.05) is 0 Å². The molecule has 1 aliphatic heterocycles. The van der Waals surface area contributed by atoms with E-state index in [9.17, 15) is 8.78 Å². The van der Waals surface area contributed by atoms with Crippen LogP contribution in [0.1, 0.15) is 69.8 Å². The van der Waals surface area contributed by atoms with Gasteiger partial charge in [0.15, 0.2) is 11.6 Å². The summed E-state index contributed by atoms with van der Waals surface area (Å²) >= 11 is 0. The molecule has 1 saturated carbocycles. The molecule has 0 atom stereocenters. The Morgan fingerprint density at radius 2 is 1.58 bits per heavy atom. The van der Waals surface area contributed by atoms with E-state index in [1.165, 1.54) is 81.6 Å². The number of hydrogen-bond acceptors (Lipinski definition) is 0. The van der Waals surface area contributed by atoms with Crippen molar-refractivity contribution in [2.45, 2.75) is 82.3 Å². The summed E-state index contributed by atoms with van der Waals surface area (Å²) in [5, 5.41) is 0. The lowest BCUT2D eigenvalue weighted by molar-refractivity contribution is 0.264.